The van der Waals surface area contributed by atoms with Gasteiger partial charge in [-0.1, -0.05) is 6.92 Å². The Bertz CT molecular complexity index is 280. The summed E-state index contributed by atoms with van der Waals surface area (Å²) in [6, 6.07) is -0.0889. The Morgan fingerprint density at radius 2 is 2.07 bits per heavy atom. The van der Waals surface area contributed by atoms with Crippen LogP contribution in [-0.4, -0.2) is 38.9 Å². The van der Waals surface area contributed by atoms with Crippen molar-refractivity contribution in [3.8, 4) is 0 Å². The van der Waals surface area contributed by atoms with Crippen molar-refractivity contribution in [3.05, 3.63) is 0 Å². The molecule has 0 aromatic carbocycles. The summed E-state index contributed by atoms with van der Waals surface area (Å²) in [6.45, 7) is 2.65. The molecule has 0 aromatic rings. The van der Waals surface area contributed by atoms with Crippen molar-refractivity contribution in [1.29, 1.82) is 0 Å². The summed E-state index contributed by atoms with van der Waals surface area (Å²) in [5.74, 6) is 0.444. The molecule has 0 bridgehead atoms. The first-order valence-corrected chi connectivity index (χ1v) is 6.39. The van der Waals surface area contributed by atoms with Gasteiger partial charge in [-0.25, -0.2) is 0 Å². The van der Waals surface area contributed by atoms with Crippen molar-refractivity contribution < 1.29 is 8.42 Å². The van der Waals surface area contributed by atoms with Crippen molar-refractivity contribution in [2.24, 2.45) is 11.7 Å². The van der Waals surface area contributed by atoms with E-state index in [1.165, 1.54) is 4.31 Å². The first-order chi connectivity index (χ1) is 6.51. The molecule has 0 aromatic heterocycles. The van der Waals surface area contributed by atoms with E-state index in [1.807, 2.05) is 0 Å². The highest BCUT2D eigenvalue weighted by atomic mass is 35.5. The second kappa shape index (κ2) is 6.00. The number of rotatable bonds is 6. The van der Waals surface area contributed by atoms with E-state index in [0.29, 0.717) is 19.0 Å². The van der Waals surface area contributed by atoms with E-state index in [-0.39, 0.29) is 18.4 Å². The largest absolute Gasteiger partial charge is 0.329 e. The first kappa shape index (κ1) is 15.1. The highest BCUT2D eigenvalue weighted by Gasteiger charge is 2.33. The molecule has 0 heterocycles. The molecule has 1 atom stereocenters. The zero-order valence-electron chi connectivity index (χ0n) is 9.14. The molecule has 3 N–H and O–H groups in total. The van der Waals surface area contributed by atoms with Gasteiger partial charge in [-0.15, -0.1) is 12.4 Å². The van der Waals surface area contributed by atoms with E-state index in [0.717, 1.165) is 12.8 Å². The Hall–Kier alpha value is 0.120. The SMILES string of the molecule is CCN(C)S(=O)(=O)NC(CN)C1CC1.Cl. The number of nitrogens with zero attached hydrogens (tertiary/aromatic N) is 1. The number of nitrogens with one attached hydrogen (secondary N) is 1. The molecule has 1 unspecified atom stereocenters. The van der Waals surface area contributed by atoms with Gasteiger partial charge >= 0.3 is 0 Å². The van der Waals surface area contributed by atoms with Crippen LogP contribution in [0.4, 0.5) is 0 Å². The van der Waals surface area contributed by atoms with Gasteiger partial charge in [-0.05, 0) is 18.8 Å². The summed E-state index contributed by atoms with van der Waals surface area (Å²) in [7, 11) is -1.77. The summed E-state index contributed by atoms with van der Waals surface area (Å²) >= 11 is 0. The Labute approximate surface area is 98.0 Å². The number of nitrogens with two attached hydrogens (primary N) is 1. The van der Waals surface area contributed by atoms with Crippen LogP contribution < -0.4 is 10.5 Å². The maximum atomic E-state index is 11.6. The highest BCUT2D eigenvalue weighted by Crippen LogP contribution is 2.32. The maximum absolute atomic E-state index is 11.6. The molecular formula is C8H20ClN3O2S. The monoisotopic (exact) mass is 257 g/mol. The molecule has 0 saturated heterocycles. The van der Waals surface area contributed by atoms with Crippen LogP contribution in [0.1, 0.15) is 19.8 Å². The fourth-order valence-electron chi connectivity index (χ4n) is 1.29. The van der Waals surface area contributed by atoms with Gasteiger partial charge < -0.3 is 5.73 Å². The van der Waals surface area contributed by atoms with Crippen LogP contribution in [0.25, 0.3) is 0 Å². The molecule has 1 rings (SSSR count). The second-order valence-electron chi connectivity index (χ2n) is 3.72. The molecule has 0 amide bonds. The third-order valence-corrected chi connectivity index (χ3v) is 4.28. The van der Waals surface area contributed by atoms with Crippen LogP contribution in [0.5, 0.6) is 0 Å². The van der Waals surface area contributed by atoms with E-state index in [4.69, 9.17) is 5.73 Å². The normalized spacial score (nSPS) is 18.7. The zero-order chi connectivity index (χ0) is 10.8. The Balaban J connectivity index is 0.00000196. The molecule has 7 heteroatoms. The molecule has 1 aliphatic carbocycles. The lowest BCUT2D eigenvalue weighted by Crippen LogP contribution is -2.47. The van der Waals surface area contributed by atoms with Gasteiger partial charge in [0.25, 0.3) is 10.2 Å². The lowest BCUT2D eigenvalue weighted by molar-refractivity contribution is 0.448. The van der Waals surface area contributed by atoms with Crippen LogP contribution in [-0.2, 0) is 10.2 Å². The third kappa shape index (κ3) is 4.24. The molecule has 1 aliphatic rings. The summed E-state index contributed by atoms with van der Waals surface area (Å²) in [5.41, 5.74) is 5.52. The first-order valence-electron chi connectivity index (χ1n) is 4.95. The third-order valence-electron chi connectivity index (χ3n) is 2.60. The number of hydrogen-bond donors (Lipinski definition) is 2. The van der Waals surface area contributed by atoms with E-state index < -0.39 is 10.2 Å². The molecular weight excluding hydrogens is 238 g/mol. The maximum Gasteiger partial charge on any atom is 0.279 e. The fraction of sp³-hybridized carbons (Fsp3) is 1.00. The van der Waals surface area contributed by atoms with E-state index >= 15 is 0 Å². The quantitative estimate of drug-likeness (QED) is 0.700. The summed E-state index contributed by atoms with van der Waals surface area (Å²) in [6.07, 6.45) is 2.17. The molecule has 1 fully saturated rings. The van der Waals surface area contributed by atoms with Crippen molar-refractivity contribution in [2.45, 2.75) is 25.8 Å². The van der Waals surface area contributed by atoms with Crippen LogP contribution in [0.3, 0.4) is 0 Å². The van der Waals surface area contributed by atoms with Crippen LogP contribution >= 0.6 is 12.4 Å². The van der Waals surface area contributed by atoms with Crippen molar-refractivity contribution in [3.63, 3.8) is 0 Å². The molecule has 0 radical (unpaired) electrons. The van der Waals surface area contributed by atoms with Gasteiger partial charge in [0.2, 0.25) is 0 Å². The highest BCUT2D eigenvalue weighted by molar-refractivity contribution is 7.87. The van der Waals surface area contributed by atoms with Crippen LogP contribution in [0.15, 0.2) is 0 Å². The van der Waals surface area contributed by atoms with Gasteiger partial charge in [0.1, 0.15) is 0 Å². The fourth-order valence-corrected chi connectivity index (χ4v) is 2.48. The van der Waals surface area contributed by atoms with Gasteiger partial charge in [0.05, 0.1) is 0 Å². The minimum absolute atomic E-state index is 0. The minimum atomic E-state index is -3.32. The van der Waals surface area contributed by atoms with E-state index in [9.17, 15) is 8.42 Å². The minimum Gasteiger partial charge on any atom is -0.329 e. The Morgan fingerprint density at radius 1 is 1.53 bits per heavy atom. The standard InChI is InChI=1S/C8H19N3O2S.ClH/c1-3-11(2)14(12,13)10-8(6-9)7-4-5-7;/h7-8,10H,3-6,9H2,1-2H3;1H. The van der Waals surface area contributed by atoms with Crippen LogP contribution in [0, 0.1) is 5.92 Å². The molecule has 5 nitrogen and oxygen atoms in total. The van der Waals surface area contributed by atoms with Crippen LogP contribution in [0.2, 0.25) is 0 Å². The van der Waals surface area contributed by atoms with Gasteiger partial charge in [-0.2, -0.15) is 17.4 Å². The smallest absolute Gasteiger partial charge is 0.279 e. The second-order valence-corrected chi connectivity index (χ2v) is 5.53. The lowest BCUT2D eigenvalue weighted by atomic mass is 10.2. The van der Waals surface area contributed by atoms with E-state index in [1.54, 1.807) is 14.0 Å². The van der Waals surface area contributed by atoms with Crippen molar-refractivity contribution >= 4 is 22.6 Å². The zero-order valence-corrected chi connectivity index (χ0v) is 10.8. The van der Waals surface area contributed by atoms with E-state index in [2.05, 4.69) is 4.72 Å². The van der Waals surface area contributed by atoms with Crippen molar-refractivity contribution in [1.82, 2.24) is 9.03 Å². The Morgan fingerprint density at radius 3 is 2.40 bits per heavy atom. The Kier molecular flexibility index (Phi) is 6.05. The predicted molar refractivity (Wildman–Crippen MR) is 63.2 cm³/mol. The summed E-state index contributed by atoms with van der Waals surface area (Å²) in [4.78, 5) is 0. The lowest BCUT2D eigenvalue weighted by Gasteiger charge is -2.21. The molecule has 0 aliphatic heterocycles. The molecule has 0 spiro atoms. The molecule has 15 heavy (non-hydrogen) atoms. The van der Waals surface area contributed by atoms with Crippen molar-refractivity contribution in [2.75, 3.05) is 20.1 Å². The molecule has 1 saturated carbocycles. The van der Waals surface area contributed by atoms with Gasteiger partial charge in [0.15, 0.2) is 0 Å². The van der Waals surface area contributed by atoms with Gasteiger partial charge in [-0.3, -0.25) is 0 Å². The molecule has 92 valence electrons. The average molecular weight is 258 g/mol. The summed E-state index contributed by atoms with van der Waals surface area (Å²) in [5, 5.41) is 0. The number of halogens is 1. The predicted octanol–water partition coefficient (Wildman–Crippen LogP) is -0.0684. The van der Waals surface area contributed by atoms with Gasteiger partial charge in [0, 0.05) is 26.2 Å². The average Bonchev–Trinajstić information content (AvgIpc) is 2.96. The summed E-state index contributed by atoms with van der Waals surface area (Å²) < 4.78 is 27.2. The number of hydrogen-bond acceptors (Lipinski definition) is 3. The topological polar surface area (TPSA) is 75.4 Å².